The highest BCUT2D eigenvalue weighted by Crippen LogP contribution is 2.33. The van der Waals surface area contributed by atoms with Crippen molar-refractivity contribution in [2.45, 2.75) is 56.8 Å². The molecular weight excluding hydrogens is 348 g/mol. The highest BCUT2D eigenvalue weighted by atomic mass is 32.2. The van der Waals surface area contributed by atoms with E-state index in [9.17, 15) is 13.2 Å². The van der Waals surface area contributed by atoms with E-state index < -0.39 is 9.84 Å². The number of hydrogen-bond donors (Lipinski definition) is 1. The predicted octanol–water partition coefficient (Wildman–Crippen LogP) is 3.20. The van der Waals surface area contributed by atoms with Crippen LogP contribution < -0.4 is 5.32 Å². The van der Waals surface area contributed by atoms with Gasteiger partial charge in [0.1, 0.15) is 6.54 Å². The molecule has 1 aromatic rings. The van der Waals surface area contributed by atoms with Crippen LogP contribution in [0, 0.1) is 23.2 Å². The van der Waals surface area contributed by atoms with Gasteiger partial charge in [0.05, 0.1) is 16.7 Å². The molecule has 1 fully saturated rings. The summed E-state index contributed by atoms with van der Waals surface area (Å²) < 4.78 is 25.7. The lowest BCUT2D eigenvalue weighted by Gasteiger charge is -2.30. The molecule has 1 saturated carbocycles. The smallest absolute Gasteiger partial charge is 0.224 e. The Labute approximate surface area is 156 Å². The van der Waals surface area contributed by atoms with Gasteiger partial charge in [0.25, 0.3) is 0 Å². The fourth-order valence-corrected chi connectivity index (χ4v) is 5.26. The zero-order valence-corrected chi connectivity index (χ0v) is 16.6. The maximum absolute atomic E-state index is 12.9. The van der Waals surface area contributed by atoms with E-state index in [1.807, 2.05) is 18.2 Å². The predicted molar refractivity (Wildman–Crippen MR) is 101 cm³/mol. The number of hydrogen-bond acceptors (Lipinski definition) is 4. The summed E-state index contributed by atoms with van der Waals surface area (Å²) in [4.78, 5) is 12.6. The SMILES string of the molecule is CC(C)(C)c1ccc(S(=O)(=O)C[C@@H]2CCCC[C@H]2C(=O)NCC#N)cc1. The van der Waals surface area contributed by atoms with Crippen LogP contribution in [0.25, 0.3) is 0 Å². The Balaban J connectivity index is 2.15. The maximum Gasteiger partial charge on any atom is 0.224 e. The minimum atomic E-state index is -3.45. The van der Waals surface area contributed by atoms with Crippen LogP contribution in [0.3, 0.4) is 0 Å². The van der Waals surface area contributed by atoms with Crippen LogP contribution in [-0.2, 0) is 20.0 Å². The van der Waals surface area contributed by atoms with Gasteiger partial charge in [0, 0.05) is 5.92 Å². The summed E-state index contributed by atoms with van der Waals surface area (Å²) >= 11 is 0. The zero-order valence-electron chi connectivity index (χ0n) is 15.8. The van der Waals surface area contributed by atoms with Crippen LogP contribution in [0.1, 0.15) is 52.0 Å². The van der Waals surface area contributed by atoms with E-state index in [-0.39, 0.29) is 35.5 Å². The Bertz CT molecular complexity index is 771. The van der Waals surface area contributed by atoms with Crippen molar-refractivity contribution < 1.29 is 13.2 Å². The molecule has 0 bridgehead atoms. The van der Waals surface area contributed by atoms with Gasteiger partial charge in [-0.2, -0.15) is 5.26 Å². The zero-order chi connectivity index (χ0) is 19.4. The standard InChI is InChI=1S/C20H28N2O3S/c1-20(2,3)16-8-10-17(11-9-16)26(24,25)14-15-6-4-5-7-18(15)19(23)22-13-12-21/h8-11,15,18H,4-7,13-14H2,1-3H3,(H,22,23)/t15-,18+/m0/s1. The van der Waals surface area contributed by atoms with Crippen molar-refractivity contribution in [1.29, 1.82) is 5.26 Å². The van der Waals surface area contributed by atoms with Crippen LogP contribution in [0.15, 0.2) is 29.2 Å². The summed E-state index contributed by atoms with van der Waals surface area (Å²) in [6, 6.07) is 8.97. The number of amides is 1. The Hall–Kier alpha value is -1.87. The number of sulfone groups is 1. The first kappa shape index (κ1) is 20.4. The first-order valence-corrected chi connectivity index (χ1v) is 10.8. The minimum absolute atomic E-state index is 0.0213. The summed E-state index contributed by atoms with van der Waals surface area (Å²) in [5, 5.41) is 11.2. The van der Waals surface area contributed by atoms with Crippen molar-refractivity contribution in [1.82, 2.24) is 5.32 Å². The van der Waals surface area contributed by atoms with Crippen molar-refractivity contribution in [3.63, 3.8) is 0 Å². The molecule has 26 heavy (non-hydrogen) atoms. The van der Waals surface area contributed by atoms with E-state index in [1.54, 1.807) is 12.1 Å². The van der Waals surface area contributed by atoms with Crippen molar-refractivity contribution >= 4 is 15.7 Å². The number of nitrogens with zero attached hydrogens (tertiary/aromatic N) is 1. The first-order chi connectivity index (χ1) is 12.1. The number of carbonyl (C=O) groups excluding carboxylic acids is 1. The van der Waals surface area contributed by atoms with Crippen molar-refractivity contribution in [2.75, 3.05) is 12.3 Å². The molecule has 0 saturated heterocycles. The van der Waals surface area contributed by atoms with Crippen LogP contribution in [0.4, 0.5) is 0 Å². The summed E-state index contributed by atoms with van der Waals surface area (Å²) in [6.07, 6.45) is 3.26. The molecule has 0 spiro atoms. The highest BCUT2D eigenvalue weighted by Gasteiger charge is 2.34. The van der Waals surface area contributed by atoms with Gasteiger partial charge in [-0.1, -0.05) is 45.7 Å². The van der Waals surface area contributed by atoms with Gasteiger partial charge in [-0.15, -0.1) is 0 Å². The van der Waals surface area contributed by atoms with E-state index in [0.717, 1.165) is 24.8 Å². The van der Waals surface area contributed by atoms with E-state index in [2.05, 4.69) is 26.1 Å². The van der Waals surface area contributed by atoms with Gasteiger partial charge in [0.2, 0.25) is 5.91 Å². The summed E-state index contributed by atoms with van der Waals surface area (Å²) in [5.41, 5.74) is 1.05. The lowest BCUT2D eigenvalue weighted by Crippen LogP contribution is -2.39. The lowest BCUT2D eigenvalue weighted by molar-refractivity contribution is -0.127. The van der Waals surface area contributed by atoms with Gasteiger partial charge in [-0.25, -0.2) is 8.42 Å². The van der Waals surface area contributed by atoms with Crippen molar-refractivity contribution in [2.24, 2.45) is 11.8 Å². The number of rotatable bonds is 5. The van der Waals surface area contributed by atoms with Gasteiger partial charge >= 0.3 is 0 Å². The molecule has 142 valence electrons. The Morgan fingerprint density at radius 3 is 2.38 bits per heavy atom. The topological polar surface area (TPSA) is 87.0 Å². The Morgan fingerprint density at radius 1 is 1.19 bits per heavy atom. The monoisotopic (exact) mass is 376 g/mol. The molecule has 2 rings (SSSR count). The molecule has 0 radical (unpaired) electrons. The van der Waals surface area contributed by atoms with E-state index in [1.165, 1.54) is 0 Å². The van der Waals surface area contributed by atoms with Crippen LogP contribution >= 0.6 is 0 Å². The Kier molecular flexibility index (Phi) is 6.46. The van der Waals surface area contributed by atoms with Gasteiger partial charge in [-0.3, -0.25) is 4.79 Å². The molecule has 1 N–H and O–H groups in total. The molecule has 1 aliphatic rings. The second-order valence-electron chi connectivity index (χ2n) is 8.08. The lowest BCUT2D eigenvalue weighted by atomic mass is 9.80. The van der Waals surface area contributed by atoms with Crippen LogP contribution in [0.2, 0.25) is 0 Å². The highest BCUT2D eigenvalue weighted by molar-refractivity contribution is 7.91. The Morgan fingerprint density at radius 2 is 1.81 bits per heavy atom. The van der Waals surface area contributed by atoms with E-state index in [0.29, 0.717) is 11.3 Å². The average molecular weight is 377 g/mol. The van der Waals surface area contributed by atoms with Gasteiger partial charge in [-0.05, 0) is 41.9 Å². The third-order valence-corrected chi connectivity index (χ3v) is 6.96. The summed E-state index contributed by atoms with van der Waals surface area (Å²) in [7, 11) is -3.45. The molecule has 1 aromatic carbocycles. The molecule has 0 unspecified atom stereocenters. The number of benzene rings is 1. The molecule has 6 heteroatoms. The first-order valence-electron chi connectivity index (χ1n) is 9.13. The normalized spacial score (nSPS) is 21.0. The van der Waals surface area contributed by atoms with E-state index >= 15 is 0 Å². The second kappa shape index (κ2) is 8.22. The minimum Gasteiger partial charge on any atom is -0.343 e. The molecule has 5 nitrogen and oxygen atoms in total. The second-order valence-corrected chi connectivity index (χ2v) is 10.1. The van der Waals surface area contributed by atoms with Gasteiger partial charge < -0.3 is 5.32 Å². The van der Waals surface area contributed by atoms with Gasteiger partial charge in [0.15, 0.2) is 9.84 Å². The van der Waals surface area contributed by atoms with Crippen LogP contribution in [0.5, 0.6) is 0 Å². The molecule has 0 aliphatic heterocycles. The fraction of sp³-hybridized carbons (Fsp3) is 0.600. The maximum atomic E-state index is 12.9. The largest absolute Gasteiger partial charge is 0.343 e. The third kappa shape index (κ3) is 5.07. The summed E-state index contributed by atoms with van der Waals surface area (Å²) in [5.74, 6) is -0.753. The molecule has 2 atom stereocenters. The van der Waals surface area contributed by atoms with Crippen LogP contribution in [-0.4, -0.2) is 26.6 Å². The molecule has 1 amide bonds. The number of nitrogens with one attached hydrogen (secondary N) is 1. The fourth-order valence-electron chi connectivity index (χ4n) is 3.55. The van der Waals surface area contributed by atoms with Crippen molar-refractivity contribution in [3.8, 4) is 6.07 Å². The molecule has 0 heterocycles. The quantitative estimate of drug-likeness (QED) is 0.800. The molecule has 0 aromatic heterocycles. The number of nitriles is 1. The molecule has 1 aliphatic carbocycles. The molecular formula is C20H28N2O3S. The summed E-state index contributed by atoms with van der Waals surface area (Å²) in [6.45, 7) is 6.22. The number of carbonyl (C=O) groups is 1. The van der Waals surface area contributed by atoms with Crippen molar-refractivity contribution in [3.05, 3.63) is 29.8 Å². The average Bonchev–Trinajstić information content (AvgIpc) is 2.59. The third-order valence-electron chi connectivity index (χ3n) is 5.10. The van der Waals surface area contributed by atoms with E-state index in [4.69, 9.17) is 5.26 Å².